The second kappa shape index (κ2) is 10.9. The Morgan fingerprint density at radius 2 is 1.88 bits per heavy atom. The summed E-state index contributed by atoms with van der Waals surface area (Å²) >= 11 is 0. The molecule has 0 aromatic heterocycles. The van der Waals surface area contributed by atoms with E-state index >= 15 is 0 Å². The molecule has 1 N–H and O–H groups in total. The summed E-state index contributed by atoms with van der Waals surface area (Å²) in [4.78, 5) is 2.13. The molecule has 0 bridgehead atoms. The van der Waals surface area contributed by atoms with Crippen molar-refractivity contribution in [3.63, 3.8) is 0 Å². The van der Waals surface area contributed by atoms with Gasteiger partial charge in [-0.15, -0.1) is 0 Å². The molecule has 0 heterocycles. The van der Waals surface area contributed by atoms with Crippen LogP contribution in [0.4, 0.5) is 0 Å². The molecule has 0 aliphatic carbocycles. The molecule has 16 heavy (non-hydrogen) atoms. The molecule has 0 aromatic rings. The van der Waals surface area contributed by atoms with Gasteiger partial charge >= 0.3 is 0 Å². The molecule has 0 radical (unpaired) electrons. The molecule has 3 nitrogen and oxygen atoms in total. The molecule has 0 aliphatic heterocycles. The summed E-state index contributed by atoms with van der Waals surface area (Å²) in [6, 6.07) is 2.38. The molecule has 0 spiro atoms. The van der Waals surface area contributed by atoms with Gasteiger partial charge < -0.3 is 10.2 Å². The normalized spacial score (nSPS) is 12.7. The van der Waals surface area contributed by atoms with Crippen LogP contribution in [0.5, 0.6) is 0 Å². The standard InChI is InChI=1S/C13H27N3/c1-4-5-6-7-8-9-13(12-14)15-10-11-16(2)3/h13,15H,4-11H2,1-3H3. The first-order valence-corrected chi connectivity index (χ1v) is 6.48. The second-order valence-electron chi connectivity index (χ2n) is 4.64. The zero-order valence-corrected chi connectivity index (χ0v) is 11.1. The summed E-state index contributed by atoms with van der Waals surface area (Å²) < 4.78 is 0. The van der Waals surface area contributed by atoms with E-state index in [1.807, 2.05) is 14.1 Å². The Hall–Kier alpha value is -0.590. The summed E-state index contributed by atoms with van der Waals surface area (Å²) in [6.07, 6.45) is 7.35. The molecule has 0 fully saturated rings. The van der Waals surface area contributed by atoms with Crippen molar-refractivity contribution in [3.8, 4) is 6.07 Å². The highest BCUT2D eigenvalue weighted by molar-refractivity contribution is 4.89. The van der Waals surface area contributed by atoms with Crippen LogP contribution in [0.25, 0.3) is 0 Å². The maximum Gasteiger partial charge on any atom is 0.0953 e. The van der Waals surface area contributed by atoms with Gasteiger partial charge in [0.25, 0.3) is 0 Å². The van der Waals surface area contributed by atoms with Crippen molar-refractivity contribution in [3.05, 3.63) is 0 Å². The molecule has 0 saturated heterocycles. The first kappa shape index (κ1) is 15.4. The van der Waals surface area contributed by atoms with Crippen LogP contribution in [-0.4, -0.2) is 38.1 Å². The van der Waals surface area contributed by atoms with E-state index in [9.17, 15) is 0 Å². The number of hydrogen-bond acceptors (Lipinski definition) is 3. The van der Waals surface area contributed by atoms with Crippen molar-refractivity contribution in [1.82, 2.24) is 10.2 Å². The lowest BCUT2D eigenvalue weighted by atomic mass is 10.1. The molecule has 0 saturated carbocycles. The van der Waals surface area contributed by atoms with E-state index in [2.05, 4.69) is 23.2 Å². The largest absolute Gasteiger partial charge is 0.308 e. The average Bonchev–Trinajstić information content (AvgIpc) is 2.26. The highest BCUT2D eigenvalue weighted by Gasteiger charge is 2.05. The molecule has 0 amide bonds. The van der Waals surface area contributed by atoms with E-state index < -0.39 is 0 Å². The van der Waals surface area contributed by atoms with Gasteiger partial charge in [-0.3, -0.25) is 0 Å². The van der Waals surface area contributed by atoms with Crippen molar-refractivity contribution in [2.24, 2.45) is 0 Å². The quantitative estimate of drug-likeness (QED) is 0.580. The SMILES string of the molecule is CCCCCCCC(C#N)NCCN(C)C. The summed E-state index contributed by atoms with van der Waals surface area (Å²) in [5.41, 5.74) is 0. The highest BCUT2D eigenvalue weighted by atomic mass is 15.1. The summed E-state index contributed by atoms with van der Waals surface area (Å²) in [6.45, 7) is 4.12. The third-order valence-corrected chi connectivity index (χ3v) is 2.70. The fourth-order valence-corrected chi connectivity index (χ4v) is 1.63. The Kier molecular flexibility index (Phi) is 10.5. The van der Waals surface area contributed by atoms with Crippen LogP contribution in [0.2, 0.25) is 0 Å². The number of nitrogens with zero attached hydrogens (tertiary/aromatic N) is 2. The molecule has 0 rings (SSSR count). The van der Waals surface area contributed by atoms with E-state index in [1.54, 1.807) is 0 Å². The van der Waals surface area contributed by atoms with Gasteiger partial charge in [-0.25, -0.2) is 0 Å². The maximum atomic E-state index is 8.97. The fraction of sp³-hybridized carbons (Fsp3) is 0.923. The average molecular weight is 225 g/mol. The topological polar surface area (TPSA) is 39.1 Å². The van der Waals surface area contributed by atoms with E-state index in [4.69, 9.17) is 5.26 Å². The zero-order valence-electron chi connectivity index (χ0n) is 11.1. The summed E-state index contributed by atoms with van der Waals surface area (Å²) in [5.74, 6) is 0. The molecule has 1 unspecified atom stereocenters. The van der Waals surface area contributed by atoms with Crippen LogP contribution >= 0.6 is 0 Å². The second-order valence-corrected chi connectivity index (χ2v) is 4.64. The predicted molar refractivity (Wildman–Crippen MR) is 69.3 cm³/mol. The number of nitriles is 1. The lowest BCUT2D eigenvalue weighted by molar-refractivity contribution is 0.388. The fourth-order valence-electron chi connectivity index (χ4n) is 1.63. The van der Waals surface area contributed by atoms with E-state index in [0.717, 1.165) is 19.5 Å². The van der Waals surface area contributed by atoms with Crippen LogP contribution < -0.4 is 5.32 Å². The lowest BCUT2D eigenvalue weighted by Gasteiger charge is -2.14. The Morgan fingerprint density at radius 3 is 2.44 bits per heavy atom. The Balaban J connectivity index is 3.41. The van der Waals surface area contributed by atoms with Crippen LogP contribution in [0, 0.1) is 11.3 Å². The first-order valence-electron chi connectivity index (χ1n) is 6.48. The Bertz CT molecular complexity index is 184. The van der Waals surface area contributed by atoms with Crippen molar-refractivity contribution < 1.29 is 0 Å². The highest BCUT2D eigenvalue weighted by Crippen LogP contribution is 2.06. The molecular formula is C13H27N3. The summed E-state index contributed by atoms with van der Waals surface area (Å²) in [5, 5.41) is 12.3. The lowest BCUT2D eigenvalue weighted by Crippen LogP contribution is -2.33. The van der Waals surface area contributed by atoms with Gasteiger partial charge in [0, 0.05) is 13.1 Å². The van der Waals surface area contributed by atoms with Crippen molar-refractivity contribution in [2.45, 2.75) is 51.5 Å². The van der Waals surface area contributed by atoms with Crippen LogP contribution in [0.1, 0.15) is 45.4 Å². The van der Waals surface area contributed by atoms with E-state index in [0.29, 0.717) is 0 Å². The molecular weight excluding hydrogens is 198 g/mol. The van der Waals surface area contributed by atoms with Gasteiger partial charge in [0.15, 0.2) is 0 Å². The van der Waals surface area contributed by atoms with Crippen molar-refractivity contribution in [2.75, 3.05) is 27.2 Å². The molecule has 1 atom stereocenters. The molecule has 0 aliphatic rings. The van der Waals surface area contributed by atoms with Crippen LogP contribution in [-0.2, 0) is 0 Å². The van der Waals surface area contributed by atoms with Gasteiger partial charge in [-0.05, 0) is 20.5 Å². The van der Waals surface area contributed by atoms with E-state index in [-0.39, 0.29) is 6.04 Å². The Labute approximate surface area is 101 Å². The number of unbranched alkanes of at least 4 members (excludes halogenated alkanes) is 4. The van der Waals surface area contributed by atoms with Crippen LogP contribution in [0.15, 0.2) is 0 Å². The molecule has 3 heteroatoms. The summed E-state index contributed by atoms with van der Waals surface area (Å²) in [7, 11) is 4.10. The minimum Gasteiger partial charge on any atom is -0.308 e. The van der Waals surface area contributed by atoms with Gasteiger partial charge in [0.05, 0.1) is 12.1 Å². The van der Waals surface area contributed by atoms with Gasteiger partial charge in [-0.2, -0.15) is 5.26 Å². The zero-order chi connectivity index (χ0) is 12.2. The Morgan fingerprint density at radius 1 is 1.19 bits per heavy atom. The smallest absolute Gasteiger partial charge is 0.0953 e. The molecule has 94 valence electrons. The van der Waals surface area contributed by atoms with Crippen molar-refractivity contribution >= 4 is 0 Å². The number of nitrogens with one attached hydrogen (secondary N) is 1. The minimum atomic E-state index is 0.0431. The maximum absolute atomic E-state index is 8.97. The first-order chi connectivity index (χ1) is 7.70. The monoisotopic (exact) mass is 225 g/mol. The third-order valence-electron chi connectivity index (χ3n) is 2.70. The van der Waals surface area contributed by atoms with Crippen molar-refractivity contribution in [1.29, 1.82) is 5.26 Å². The van der Waals surface area contributed by atoms with Crippen LogP contribution in [0.3, 0.4) is 0 Å². The van der Waals surface area contributed by atoms with E-state index in [1.165, 1.54) is 32.1 Å². The van der Waals surface area contributed by atoms with Gasteiger partial charge in [0.1, 0.15) is 0 Å². The number of hydrogen-bond donors (Lipinski definition) is 1. The predicted octanol–water partition coefficient (Wildman–Crippen LogP) is 2.39. The molecule has 0 aromatic carbocycles. The van der Waals surface area contributed by atoms with Gasteiger partial charge in [0.2, 0.25) is 0 Å². The third kappa shape index (κ3) is 9.95. The number of likely N-dealkylation sites (N-methyl/N-ethyl adjacent to an activating group) is 1. The minimum absolute atomic E-state index is 0.0431. The van der Waals surface area contributed by atoms with Gasteiger partial charge in [-0.1, -0.05) is 39.0 Å². The number of rotatable bonds is 10.